The summed E-state index contributed by atoms with van der Waals surface area (Å²) in [4.78, 5) is 6.16. The molecule has 7 heteroatoms. The van der Waals surface area contributed by atoms with Gasteiger partial charge in [-0.25, -0.2) is 4.39 Å². The first kappa shape index (κ1) is 19.6. The fourth-order valence-electron chi connectivity index (χ4n) is 3.60. The van der Waals surface area contributed by atoms with E-state index in [9.17, 15) is 17.6 Å². The lowest BCUT2D eigenvalue weighted by atomic mass is 10.1. The molecular weight excluding hydrogens is 384 g/mol. The molecular formula is C22H20F4N2O. The molecule has 0 radical (unpaired) electrons. The van der Waals surface area contributed by atoms with Gasteiger partial charge in [0.15, 0.2) is 11.6 Å². The molecule has 0 aliphatic carbocycles. The molecule has 0 N–H and O–H groups in total. The molecule has 0 bridgehead atoms. The van der Waals surface area contributed by atoms with E-state index in [0.717, 1.165) is 54.4 Å². The Hall–Kier alpha value is -2.67. The highest BCUT2D eigenvalue weighted by molar-refractivity contribution is 5.83. The van der Waals surface area contributed by atoms with Crippen molar-refractivity contribution in [2.75, 3.05) is 13.1 Å². The average molecular weight is 404 g/mol. The standard InChI is InChI=1S/C22H20F4N2O/c23-20-11-17-13-27-8-5-16(17)12-21(20)29-19-6-9-28(10-7-19)14-15-1-3-18(4-2-15)22(24,25)26/h1-5,8,11-13,19H,6-7,9-10,14H2. The van der Waals surface area contributed by atoms with Crippen LogP contribution in [-0.2, 0) is 12.7 Å². The molecule has 4 rings (SSSR count). The average Bonchev–Trinajstić information content (AvgIpc) is 2.70. The van der Waals surface area contributed by atoms with Gasteiger partial charge < -0.3 is 4.74 Å². The number of rotatable bonds is 4. The minimum Gasteiger partial charge on any atom is -0.487 e. The van der Waals surface area contributed by atoms with E-state index in [-0.39, 0.29) is 11.9 Å². The van der Waals surface area contributed by atoms with Gasteiger partial charge in [0, 0.05) is 37.4 Å². The van der Waals surface area contributed by atoms with E-state index in [2.05, 4.69) is 9.88 Å². The van der Waals surface area contributed by atoms with Crippen LogP contribution in [-0.4, -0.2) is 29.1 Å². The number of hydrogen-bond donors (Lipinski definition) is 0. The van der Waals surface area contributed by atoms with E-state index < -0.39 is 17.6 Å². The molecule has 1 aromatic heterocycles. The Morgan fingerprint density at radius 2 is 1.72 bits per heavy atom. The molecule has 152 valence electrons. The maximum atomic E-state index is 14.3. The zero-order valence-corrected chi connectivity index (χ0v) is 15.6. The van der Waals surface area contributed by atoms with Gasteiger partial charge in [-0.2, -0.15) is 13.2 Å². The van der Waals surface area contributed by atoms with Gasteiger partial charge >= 0.3 is 6.18 Å². The molecule has 0 atom stereocenters. The van der Waals surface area contributed by atoms with Crippen LogP contribution in [0.1, 0.15) is 24.0 Å². The smallest absolute Gasteiger partial charge is 0.416 e. The minimum atomic E-state index is -4.32. The molecule has 0 saturated carbocycles. The summed E-state index contributed by atoms with van der Waals surface area (Å²) in [6, 6.07) is 10.2. The second kappa shape index (κ2) is 7.99. The molecule has 0 spiro atoms. The van der Waals surface area contributed by atoms with Crippen molar-refractivity contribution in [1.29, 1.82) is 0 Å². The lowest BCUT2D eigenvalue weighted by molar-refractivity contribution is -0.137. The van der Waals surface area contributed by atoms with Crippen LogP contribution in [0.3, 0.4) is 0 Å². The Morgan fingerprint density at radius 3 is 2.41 bits per heavy atom. The highest BCUT2D eigenvalue weighted by Gasteiger charge is 2.30. The number of benzene rings is 2. The van der Waals surface area contributed by atoms with Gasteiger partial charge in [0.1, 0.15) is 6.10 Å². The number of ether oxygens (including phenoxy) is 1. The maximum Gasteiger partial charge on any atom is 0.416 e. The summed E-state index contributed by atoms with van der Waals surface area (Å²) in [6.07, 6.45) is 0.324. The highest BCUT2D eigenvalue weighted by Crippen LogP contribution is 2.30. The Balaban J connectivity index is 1.33. The molecule has 2 aromatic carbocycles. The number of hydrogen-bond acceptors (Lipinski definition) is 3. The first-order valence-corrected chi connectivity index (χ1v) is 9.47. The molecule has 1 fully saturated rings. The van der Waals surface area contributed by atoms with Gasteiger partial charge in [0.05, 0.1) is 5.56 Å². The van der Waals surface area contributed by atoms with Gasteiger partial charge in [-0.3, -0.25) is 9.88 Å². The van der Waals surface area contributed by atoms with Crippen LogP contribution < -0.4 is 4.74 Å². The summed E-state index contributed by atoms with van der Waals surface area (Å²) in [7, 11) is 0. The van der Waals surface area contributed by atoms with E-state index in [1.165, 1.54) is 18.2 Å². The summed E-state index contributed by atoms with van der Waals surface area (Å²) >= 11 is 0. The number of halogens is 4. The Kier molecular flexibility index (Phi) is 5.41. The van der Waals surface area contributed by atoms with Crippen molar-refractivity contribution in [3.05, 3.63) is 71.8 Å². The van der Waals surface area contributed by atoms with Gasteiger partial charge in [-0.05, 0) is 54.1 Å². The molecule has 0 unspecified atom stereocenters. The second-order valence-corrected chi connectivity index (χ2v) is 7.29. The molecule has 0 amide bonds. The van der Waals surface area contributed by atoms with Crippen molar-refractivity contribution in [3.8, 4) is 5.75 Å². The predicted molar refractivity (Wildman–Crippen MR) is 102 cm³/mol. The van der Waals surface area contributed by atoms with Crippen LogP contribution in [0.4, 0.5) is 17.6 Å². The first-order chi connectivity index (χ1) is 13.9. The zero-order valence-electron chi connectivity index (χ0n) is 15.6. The molecule has 29 heavy (non-hydrogen) atoms. The van der Waals surface area contributed by atoms with Crippen LogP contribution in [0, 0.1) is 5.82 Å². The Bertz CT molecular complexity index is 980. The maximum absolute atomic E-state index is 14.3. The van der Waals surface area contributed by atoms with E-state index in [1.54, 1.807) is 18.5 Å². The summed E-state index contributed by atoms with van der Waals surface area (Å²) in [5.41, 5.74) is 0.202. The minimum absolute atomic E-state index is 0.0901. The van der Waals surface area contributed by atoms with Crippen molar-refractivity contribution in [3.63, 3.8) is 0 Å². The number of aromatic nitrogens is 1. The number of fused-ring (bicyclic) bond motifs is 1. The van der Waals surface area contributed by atoms with E-state index in [4.69, 9.17) is 4.74 Å². The summed E-state index contributed by atoms with van der Waals surface area (Å²) in [5.74, 6) is -0.164. The van der Waals surface area contributed by atoms with Crippen LogP contribution in [0.15, 0.2) is 54.9 Å². The third-order valence-electron chi connectivity index (χ3n) is 5.21. The van der Waals surface area contributed by atoms with Gasteiger partial charge in [0.25, 0.3) is 0 Å². The van der Waals surface area contributed by atoms with E-state index in [1.807, 2.05) is 6.07 Å². The predicted octanol–water partition coefficient (Wildman–Crippen LogP) is 5.44. The normalized spacial score (nSPS) is 16.3. The Labute approximate surface area is 165 Å². The van der Waals surface area contributed by atoms with E-state index >= 15 is 0 Å². The number of likely N-dealkylation sites (tertiary alicyclic amines) is 1. The number of alkyl halides is 3. The van der Waals surface area contributed by atoms with Gasteiger partial charge in [0.2, 0.25) is 0 Å². The van der Waals surface area contributed by atoms with Gasteiger partial charge in [-0.1, -0.05) is 12.1 Å². The quantitative estimate of drug-likeness (QED) is 0.542. The monoisotopic (exact) mass is 404 g/mol. The van der Waals surface area contributed by atoms with Crippen LogP contribution in [0.5, 0.6) is 5.75 Å². The Morgan fingerprint density at radius 1 is 1.00 bits per heavy atom. The van der Waals surface area contributed by atoms with Gasteiger partial charge in [-0.15, -0.1) is 0 Å². The summed E-state index contributed by atoms with van der Waals surface area (Å²) in [6.45, 7) is 2.07. The van der Waals surface area contributed by atoms with Crippen molar-refractivity contribution in [1.82, 2.24) is 9.88 Å². The highest BCUT2D eigenvalue weighted by atomic mass is 19.4. The number of pyridine rings is 1. The number of piperidine rings is 1. The molecule has 1 aliphatic heterocycles. The SMILES string of the molecule is Fc1cc2cnccc2cc1OC1CCN(Cc2ccc(C(F)(F)F)cc2)CC1. The molecule has 3 aromatic rings. The van der Waals surface area contributed by atoms with Crippen LogP contribution in [0.25, 0.3) is 10.8 Å². The topological polar surface area (TPSA) is 25.4 Å². The van der Waals surface area contributed by atoms with E-state index in [0.29, 0.717) is 6.54 Å². The molecule has 1 aliphatic rings. The van der Waals surface area contributed by atoms with Crippen molar-refractivity contribution in [2.24, 2.45) is 0 Å². The number of nitrogens with zero attached hydrogens (tertiary/aromatic N) is 2. The van der Waals surface area contributed by atoms with Crippen LogP contribution >= 0.6 is 0 Å². The third-order valence-corrected chi connectivity index (χ3v) is 5.21. The van der Waals surface area contributed by atoms with Crippen molar-refractivity contribution in [2.45, 2.75) is 31.7 Å². The molecule has 2 heterocycles. The van der Waals surface area contributed by atoms with Crippen molar-refractivity contribution >= 4 is 10.8 Å². The summed E-state index contributed by atoms with van der Waals surface area (Å²) < 4.78 is 58.2. The first-order valence-electron chi connectivity index (χ1n) is 9.47. The summed E-state index contributed by atoms with van der Waals surface area (Å²) in [5, 5.41) is 1.60. The molecule has 3 nitrogen and oxygen atoms in total. The fourth-order valence-corrected chi connectivity index (χ4v) is 3.60. The lowest BCUT2D eigenvalue weighted by Gasteiger charge is -2.32. The molecule has 1 saturated heterocycles. The largest absolute Gasteiger partial charge is 0.487 e. The zero-order chi connectivity index (χ0) is 20.4. The second-order valence-electron chi connectivity index (χ2n) is 7.29. The lowest BCUT2D eigenvalue weighted by Crippen LogP contribution is -2.37. The van der Waals surface area contributed by atoms with Crippen molar-refractivity contribution < 1.29 is 22.3 Å². The third kappa shape index (κ3) is 4.67. The fraction of sp³-hybridized carbons (Fsp3) is 0.318. The van der Waals surface area contributed by atoms with Crippen LogP contribution in [0.2, 0.25) is 0 Å².